The Balaban J connectivity index is 1.77. The molecule has 21 heavy (non-hydrogen) atoms. The number of hydrogen-bond acceptors (Lipinski definition) is 2. The first kappa shape index (κ1) is 15.9. The van der Waals surface area contributed by atoms with E-state index in [1.165, 1.54) is 5.56 Å². The van der Waals surface area contributed by atoms with E-state index in [9.17, 15) is 0 Å². The second-order valence-corrected chi connectivity index (χ2v) is 5.45. The normalized spacial score (nSPS) is 10.6. The third kappa shape index (κ3) is 5.41. The summed E-state index contributed by atoms with van der Waals surface area (Å²) in [6.07, 6.45) is 2.26. The fourth-order valence-corrected chi connectivity index (χ4v) is 2.22. The molecule has 0 heterocycles. The van der Waals surface area contributed by atoms with Crippen molar-refractivity contribution < 1.29 is 4.74 Å². The lowest BCUT2D eigenvalue weighted by atomic mass is 10.2. The van der Waals surface area contributed by atoms with Crippen molar-refractivity contribution in [2.24, 2.45) is 0 Å². The second kappa shape index (κ2) is 8.71. The molecule has 2 nitrogen and oxygen atoms in total. The minimum Gasteiger partial charge on any atom is -0.494 e. The summed E-state index contributed by atoms with van der Waals surface area (Å²) in [5.74, 6) is 0.943. The van der Waals surface area contributed by atoms with Gasteiger partial charge in [-0.15, -0.1) is 0 Å². The molecular weight excluding hydrogens is 282 g/mol. The first-order chi connectivity index (χ1) is 10.3. The second-order valence-electron chi connectivity index (χ2n) is 5.04. The Morgan fingerprint density at radius 2 is 1.76 bits per heavy atom. The molecule has 0 aliphatic carbocycles. The van der Waals surface area contributed by atoms with Crippen molar-refractivity contribution in [2.45, 2.75) is 32.9 Å². The zero-order valence-corrected chi connectivity index (χ0v) is 13.2. The minimum absolute atomic E-state index is 0.772. The van der Waals surface area contributed by atoms with Crippen LogP contribution in [0.3, 0.4) is 0 Å². The van der Waals surface area contributed by atoms with E-state index < -0.39 is 0 Å². The molecule has 2 aromatic rings. The summed E-state index contributed by atoms with van der Waals surface area (Å²) in [5.41, 5.74) is 2.36. The number of benzene rings is 2. The van der Waals surface area contributed by atoms with Crippen LogP contribution in [0.2, 0.25) is 5.02 Å². The maximum atomic E-state index is 6.13. The standard InChI is InChI=1S/C18H22ClNO/c1-2-3-12-21-17-10-8-15(9-11-17)13-20-14-16-6-4-5-7-18(16)19/h4-11,20H,2-3,12-14H2,1H3. The molecule has 0 amide bonds. The predicted molar refractivity (Wildman–Crippen MR) is 88.8 cm³/mol. The van der Waals surface area contributed by atoms with E-state index in [0.29, 0.717) is 0 Å². The highest BCUT2D eigenvalue weighted by Gasteiger charge is 1.99. The molecule has 0 bridgehead atoms. The van der Waals surface area contributed by atoms with Gasteiger partial charge in [-0.25, -0.2) is 0 Å². The third-order valence-electron chi connectivity index (χ3n) is 3.29. The Labute approximate surface area is 132 Å². The first-order valence-corrected chi connectivity index (χ1v) is 7.83. The summed E-state index contributed by atoms with van der Waals surface area (Å²) in [4.78, 5) is 0. The molecule has 3 heteroatoms. The molecule has 0 aromatic heterocycles. The van der Waals surface area contributed by atoms with Gasteiger partial charge in [0.2, 0.25) is 0 Å². The summed E-state index contributed by atoms with van der Waals surface area (Å²) in [6.45, 7) is 4.55. The topological polar surface area (TPSA) is 21.3 Å². The van der Waals surface area contributed by atoms with Crippen LogP contribution in [0.5, 0.6) is 5.75 Å². The third-order valence-corrected chi connectivity index (χ3v) is 3.66. The van der Waals surface area contributed by atoms with E-state index in [4.69, 9.17) is 16.3 Å². The van der Waals surface area contributed by atoms with Crippen LogP contribution in [0.15, 0.2) is 48.5 Å². The molecule has 0 spiro atoms. The summed E-state index contributed by atoms with van der Waals surface area (Å²) in [6, 6.07) is 16.2. The van der Waals surface area contributed by atoms with E-state index in [1.54, 1.807) is 0 Å². The minimum atomic E-state index is 0.772. The number of hydrogen-bond donors (Lipinski definition) is 1. The van der Waals surface area contributed by atoms with Crippen LogP contribution in [0.4, 0.5) is 0 Å². The van der Waals surface area contributed by atoms with Gasteiger partial charge in [0.25, 0.3) is 0 Å². The molecule has 0 aliphatic rings. The molecule has 2 rings (SSSR count). The van der Waals surface area contributed by atoms with Crippen molar-refractivity contribution in [3.05, 3.63) is 64.7 Å². The van der Waals surface area contributed by atoms with E-state index in [0.717, 1.165) is 48.9 Å². The van der Waals surface area contributed by atoms with Crippen LogP contribution in [0.25, 0.3) is 0 Å². The van der Waals surface area contributed by atoms with Crippen molar-refractivity contribution in [1.82, 2.24) is 5.32 Å². The van der Waals surface area contributed by atoms with Crippen molar-refractivity contribution in [3.63, 3.8) is 0 Å². The van der Waals surface area contributed by atoms with Crippen LogP contribution < -0.4 is 10.1 Å². The van der Waals surface area contributed by atoms with E-state index in [-0.39, 0.29) is 0 Å². The SMILES string of the molecule is CCCCOc1ccc(CNCc2ccccc2Cl)cc1. The summed E-state index contributed by atoms with van der Waals surface area (Å²) in [5, 5.41) is 4.22. The molecule has 0 fully saturated rings. The number of nitrogens with one attached hydrogen (secondary N) is 1. The van der Waals surface area contributed by atoms with Crippen molar-refractivity contribution in [1.29, 1.82) is 0 Å². The molecule has 2 aromatic carbocycles. The Kier molecular flexibility index (Phi) is 6.58. The predicted octanol–water partition coefficient (Wildman–Crippen LogP) is 4.81. The van der Waals surface area contributed by atoms with Crippen LogP contribution in [0.1, 0.15) is 30.9 Å². The quantitative estimate of drug-likeness (QED) is 0.707. The number of rotatable bonds is 8. The lowest BCUT2D eigenvalue weighted by Gasteiger charge is -2.08. The Bertz CT molecular complexity index is 539. The largest absolute Gasteiger partial charge is 0.494 e. The van der Waals surface area contributed by atoms with E-state index in [2.05, 4.69) is 24.4 Å². The van der Waals surface area contributed by atoms with Crippen LogP contribution in [-0.4, -0.2) is 6.61 Å². The highest BCUT2D eigenvalue weighted by molar-refractivity contribution is 6.31. The van der Waals surface area contributed by atoms with Crippen LogP contribution in [-0.2, 0) is 13.1 Å². The molecule has 1 N–H and O–H groups in total. The lowest BCUT2D eigenvalue weighted by molar-refractivity contribution is 0.309. The van der Waals surface area contributed by atoms with Crippen molar-refractivity contribution >= 4 is 11.6 Å². The summed E-state index contributed by atoms with van der Waals surface area (Å²) in [7, 11) is 0. The monoisotopic (exact) mass is 303 g/mol. The van der Waals surface area contributed by atoms with Gasteiger partial charge in [-0.3, -0.25) is 0 Å². The Hall–Kier alpha value is -1.51. The van der Waals surface area contributed by atoms with Gasteiger partial charge in [-0.05, 0) is 35.7 Å². The molecule has 112 valence electrons. The maximum absolute atomic E-state index is 6.13. The zero-order chi connectivity index (χ0) is 14.9. The van der Waals surface area contributed by atoms with Crippen molar-refractivity contribution in [2.75, 3.05) is 6.61 Å². The van der Waals surface area contributed by atoms with Gasteiger partial charge in [0, 0.05) is 18.1 Å². The van der Waals surface area contributed by atoms with Crippen LogP contribution >= 0.6 is 11.6 Å². The highest BCUT2D eigenvalue weighted by atomic mass is 35.5. The van der Waals surface area contributed by atoms with Gasteiger partial charge < -0.3 is 10.1 Å². The smallest absolute Gasteiger partial charge is 0.119 e. The molecular formula is C18H22ClNO. The summed E-state index contributed by atoms with van der Waals surface area (Å²) >= 11 is 6.13. The molecule has 0 radical (unpaired) electrons. The van der Waals surface area contributed by atoms with Gasteiger partial charge in [0.05, 0.1) is 6.61 Å². The fraction of sp³-hybridized carbons (Fsp3) is 0.333. The van der Waals surface area contributed by atoms with E-state index in [1.807, 2.05) is 36.4 Å². The highest BCUT2D eigenvalue weighted by Crippen LogP contribution is 2.15. The van der Waals surface area contributed by atoms with E-state index >= 15 is 0 Å². The van der Waals surface area contributed by atoms with Gasteiger partial charge in [-0.1, -0.05) is 55.3 Å². The molecule has 0 atom stereocenters. The Morgan fingerprint density at radius 1 is 1.00 bits per heavy atom. The molecule has 0 saturated heterocycles. The number of halogens is 1. The Morgan fingerprint density at radius 3 is 2.48 bits per heavy atom. The fourth-order valence-electron chi connectivity index (χ4n) is 2.02. The number of unbranched alkanes of at least 4 members (excludes halogenated alkanes) is 1. The lowest BCUT2D eigenvalue weighted by Crippen LogP contribution is -2.12. The average Bonchev–Trinajstić information content (AvgIpc) is 2.51. The number of ether oxygens (including phenoxy) is 1. The van der Waals surface area contributed by atoms with Gasteiger partial charge in [-0.2, -0.15) is 0 Å². The maximum Gasteiger partial charge on any atom is 0.119 e. The summed E-state index contributed by atoms with van der Waals surface area (Å²) < 4.78 is 5.65. The average molecular weight is 304 g/mol. The van der Waals surface area contributed by atoms with Gasteiger partial charge in [0.1, 0.15) is 5.75 Å². The first-order valence-electron chi connectivity index (χ1n) is 7.45. The zero-order valence-electron chi connectivity index (χ0n) is 12.4. The van der Waals surface area contributed by atoms with Gasteiger partial charge in [0.15, 0.2) is 0 Å². The van der Waals surface area contributed by atoms with Crippen LogP contribution in [0, 0.1) is 0 Å². The van der Waals surface area contributed by atoms with Gasteiger partial charge >= 0.3 is 0 Å². The molecule has 0 aliphatic heterocycles. The molecule has 0 unspecified atom stereocenters. The molecule has 0 saturated carbocycles. The van der Waals surface area contributed by atoms with Crippen molar-refractivity contribution in [3.8, 4) is 5.75 Å².